The van der Waals surface area contributed by atoms with Crippen LogP contribution in [-0.4, -0.2) is 29.6 Å². The lowest BCUT2D eigenvalue weighted by Crippen LogP contribution is -2.42. The Kier molecular flexibility index (Phi) is 4.82. The SMILES string of the molecule is C#CC[C@H](NC(=O)COC1c2ccccc2-c2ccccc21)C(=O)O. The standard InChI is InChI=1S/C20H17NO4/c1-2-7-17(20(23)24)21-18(22)12-25-19-15-10-5-3-8-13(15)14-9-4-6-11-16(14)19/h1,3-6,8-11,17,19H,7,12H2,(H,21,22)(H,23,24)/t17-/m0/s1. The van der Waals surface area contributed by atoms with E-state index in [0.717, 1.165) is 22.3 Å². The second kappa shape index (κ2) is 7.20. The third-order valence-corrected chi connectivity index (χ3v) is 4.11. The smallest absolute Gasteiger partial charge is 0.327 e. The molecule has 0 aliphatic heterocycles. The first kappa shape index (κ1) is 16.7. The van der Waals surface area contributed by atoms with Gasteiger partial charge < -0.3 is 15.2 Å². The minimum Gasteiger partial charge on any atom is -0.480 e. The summed E-state index contributed by atoms with van der Waals surface area (Å²) in [5, 5.41) is 11.4. The van der Waals surface area contributed by atoms with Gasteiger partial charge in [0.2, 0.25) is 5.91 Å². The topological polar surface area (TPSA) is 75.6 Å². The van der Waals surface area contributed by atoms with Crippen LogP contribution in [0.25, 0.3) is 11.1 Å². The van der Waals surface area contributed by atoms with Crippen molar-refractivity contribution in [3.05, 3.63) is 59.7 Å². The van der Waals surface area contributed by atoms with Crippen molar-refractivity contribution in [1.82, 2.24) is 5.32 Å². The van der Waals surface area contributed by atoms with Crippen LogP contribution in [0.5, 0.6) is 0 Å². The van der Waals surface area contributed by atoms with Gasteiger partial charge in [-0.2, -0.15) is 0 Å². The maximum atomic E-state index is 12.0. The van der Waals surface area contributed by atoms with Gasteiger partial charge in [0, 0.05) is 6.42 Å². The number of carbonyl (C=O) groups excluding carboxylic acids is 1. The van der Waals surface area contributed by atoms with E-state index in [-0.39, 0.29) is 19.1 Å². The van der Waals surface area contributed by atoms with E-state index in [4.69, 9.17) is 16.3 Å². The highest BCUT2D eigenvalue weighted by molar-refractivity contribution is 5.84. The molecule has 0 radical (unpaired) electrons. The molecule has 1 atom stereocenters. The normalized spacial score (nSPS) is 13.4. The Bertz CT molecular complexity index is 807. The summed E-state index contributed by atoms with van der Waals surface area (Å²) in [7, 11) is 0. The van der Waals surface area contributed by atoms with Crippen LogP contribution in [0.2, 0.25) is 0 Å². The van der Waals surface area contributed by atoms with Crippen molar-refractivity contribution in [3.8, 4) is 23.5 Å². The van der Waals surface area contributed by atoms with E-state index < -0.39 is 17.9 Å². The highest BCUT2D eigenvalue weighted by Gasteiger charge is 2.29. The summed E-state index contributed by atoms with van der Waals surface area (Å²) in [4.78, 5) is 23.1. The van der Waals surface area contributed by atoms with Gasteiger partial charge in [0.1, 0.15) is 18.8 Å². The second-order valence-corrected chi connectivity index (χ2v) is 5.73. The summed E-state index contributed by atoms with van der Waals surface area (Å²) >= 11 is 0. The zero-order valence-electron chi connectivity index (χ0n) is 13.4. The minimum absolute atomic E-state index is 0.0732. The van der Waals surface area contributed by atoms with Gasteiger partial charge in [0.15, 0.2) is 0 Å². The van der Waals surface area contributed by atoms with E-state index in [1.807, 2.05) is 48.5 Å². The Hall–Kier alpha value is -3.10. The Labute approximate surface area is 145 Å². The Morgan fingerprint density at radius 1 is 1.12 bits per heavy atom. The maximum Gasteiger partial charge on any atom is 0.327 e. The van der Waals surface area contributed by atoms with E-state index in [1.165, 1.54) is 0 Å². The number of hydrogen-bond acceptors (Lipinski definition) is 3. The van der Waals surface area contributed by atoms with Gasteiger partial charge in [0.25, 0.3) is 0 Å². The largest absolute Gasteiger partial charge is 0.480 e. The third-order valence-electron chi connectivity index (χ3n) is 4.11. The monoisotopic (exact) mass is 335 g/mol. The van der Waals surface area contributed by atoms with Crippen LogP contribution in [0.1, 0.15) is 23.7 Å². The molecule has 126 valence electrons. The van der Waals surface area contributed by atoms with Gasteiger partial charge in [0.05, 0.1) is 0 Å². The molecule has 2 N–H and O–H groups in total. The van der Waals surface area contributed by atoms with Crippen molar-refractivity contribution < 1.29 is 19.4 Å². The molecule has 2 aromatic carbocycles. The average Bonchev–Trinajstić information content (AvgIpc) is 2.93. The van der Waals surface area contributed by atoms with Crippen LogP contribution < -0.4 is 5.32 Å². The second-order valence-electron chi connectivity index (χ2n) is 5.73. The molecule has 0 saturated carbocycles. The van der Waals surface area contributed by atoms with Gasteiger partial charge in [-0.05, 0) is 22.3 Å². The van der Waals surface area contributed by atoms with Gasteiger partial charge in [-0.1, -0.05) is 48.5 Å². The highest BCUT2D eigenvalue weighted by Crippen LogP contribution is 2.44. The van der Waals surface area contributed by atoms with Crippen molar-refractivity contribution in [3.63, 3.8) is 0 Å². The summed E-state index contributed by atoms with van der Waals surface area (Å²) in [6, 6.07) is 14.6. The van der Waals surface area contributed by atoms with E-state index in [2.05, 4.69) is 11.2 Å². The van der Waals surface area contributed by atoms with E-state index in [0.29, 0.717) is 0 Å². The molecule has 0 fully saturated rings. The minimum atomic E-state index is -1.16. The van der Waals surface area contributed by atoms with E-state index >= 15 is 0 Å². The zero-order chi connectivity index (χ0) is 17.8. The molecule has 0 aromatic heterocycles. The molecular formula is C20H17NO4. The zero-order valence-corrected chi connectivity index (χ0v) is 13.4. The number of carbonyl (C=O) groups is 2. The fourth-order valence-corrected chi connectivity index (χ4v) is 3.00. The first-order valence-corrected chi connectivity index (χ1v) is 7.87. The highest BCUT2D eigenvalue weighted by atomic mass is 16.5. The number of ether oxygens (including phenoxy) is 1. The summed E-state index contributed by atoms with van der Waals surface area (Å²) in [5.74, 6) is 0.568. The number of carboxylic acid groups (broad SMARTS) is 1. The molecule has 25 heavy (non-hydrogen) atoms. The number of carboxylic acids is 1. The number of rotatable bonds is 6. The van der Waals surface area contributed by atoms with Crippen molar-refractivity contribution in [2.45, 2.75) is 18.6 Å². The van der Waals surface area contributed by atoms with E-state index in [1.54, 1.807) is 0 Å². The number of amides is 1. The molecule has 0 saturated heterocycles. The molecule has 0 heterocycles. The van der Waals surface area contributed by atoms with Gasteiger partial charge in [-0.15, -0.1) is 12.3 Å². The van der Waals surface area contributed by atoms with Crippen LogP contribution in [0.15, 0.2) is 48.5 Å². The molecular weight excluding hydrogens is 318 g/mol. The first-order valence-electron chi connectivity index (χ1n) is 7.87. The number of aliphatic carboxylic acids is 1. The maximum absolute atomic E-state index is 12.0. The Morgan fingerprint density at radius 2 is 1.68 bits per heavy atom. The predicted molar refractivity (Wildman–Crippen MR) is 92.7 cm³/mol. The van der Waals surface area contributed by atoms with Crippen LogP contribution >= 0.6 is 0 Å². The van der Waals surface area contributed by atoms with Crippen molar-refractivity contribution in [2.24, 2.45) is 0 Å². The number of fused-ring (bicyclic) bond motifs is 3. The number of nitrogens with one attached hydrogen (secondary N) is 1. The molecule has 0 bridgehead atoms. The fourth-order valence-electron chi connectivity index (χ4n) is 3.00. The number of hydrogen-bond donors (Lipinski definition) is 2. The predicted octanol–water partition coefficient (Wildman–Crippen LogP) is 2.37. The lowest BCUT2D eigenvalue weighted by atomic mass is 10.1. The molecule has 1 aliphatic carbocycles. The lowest BCUT2D eigenvalue weighted by Gasteiger charge is -2.16. The summed E-state index contributed by atoms with van der Waals surface area (Å²) in [5.41, 5.74) is 4.16. The third kappa shape index (κ3) is 3.39. The molecule has 0 spiro atoms. The van der Waals surface area contributed by atoms with Crippen molar-refractivity contribution in [1.29, 1.82) is 0 Å². The molecule has 0 unspecified atom stereocenters. The summed E-state index contributed by atoms with van der Waals surface area (Å²) in [6.07, 6.45) is 4.70. The number of benzene rings is 2. The van der Waals surface area contributed by atoms with Crippen LogP contribution in [0, 0.1) is 12.3 Å². The van der Waals surface area contributed by atoms with Gasteiger partial charge in [-0.25, -0.2) is 4.79 Å². The first-order chi connectivity index (χ1) is 12.1. The van der Waals surface area contributed by atoms with Crippen molar-refractivity contribution in [2.75, 3.05) is 6.61 Å². The molecule has 5 nitrogen and oxygen atoms in total. The molecule has 1 amide bonds. The molecule has 3 rings (SSSR count). The lowest BCUT2D eigenvalue weighted by molar-refractivity contribution is -0.142. The van der Waals surface area contributed by atoms with Gasteiger partial charge >= 0.3 is 5.97 Å². The van der Waals surface area contributed by atoms with Crippen LogP contribution in [0.3, 0.4) is 0 Å². The quantitative estimate of drug-likeness (QED) is 0.795. The average molecular weight is 335 g/mol. The van der Waals surface area contributed by atoms with Crippen LogP contribution in [-0.2, 0) is 14.3 Å². The Balaban J connectivity index is 1.72. The van der Waals surface area contributed by atoms with Crippen molar-refractivity contribution >= 4 is 11.9 Å². The van der Waals surface area contributed by atoms with E-state index in [9.17, 15) is 9.59 Å². The summed E-state index contributed by atoms with van der Waals surface area (Å²) in [6.45, 7) is -0.248. The van der Waals surface area contributed by atoms with Gasteiger partial charge in [-0.3, -0.25) is 4.79 Å². The Morgan fingerprint density at radius 3 is 2.20 bits per heavy atom. The molecule has 5 heteroatoms. The fraction of sp³-hybridized carbons (Fsp3) is 0.200. The summed E-state index contributed by atoms with van der Waals surface area (Å²) < 4.78 is 5.82. The molecule has 2 aromatic rings. The number of terminal acetylenes is 1. The molecule has 1 aliphatic rings. The van der Waals surface area contributed by atoms with Crippen LogP contribution in [0.4, 0.5) is 0 Å².